The number of carbonyl (C=O) groups is 2. The number of benzene rings is 1. The number of urea groups is 1. The van der Waals surface area contributed by atoms with Gasteiger partial charge in [-0.05, 0) is 38.5 Å². The highest BCUT2D eigenvalue weighted by Crippen LogP contribution is 2.26. The molecule has 0 spiro atoms. The van der Waals surface area contributed by atoms with Crippen LogP contribution in [0.2, 0.25) is 0 Å². The molecule has 0 unspecified atom stereocenters. The lowest BCUT2D eigenvalue weighted by molar-refractivity contribution is -0.119. The SMILES string of the molecule is CC(C)(C)N1CCC(=O)N(c2ccc(CN)cc2)C1=O. The van der Waals surface area contributed by atoms with Gasteiger partial charge in [-0.25, -0.2) is 9.69 Å². The van der Waals surface area contributed by atoms with E-state index in [9.17, 15) is 9.59 Å². The van der Waals surface area contributed by atoms with Crippen LogP contribution in [0.25, 0.3) is 0 Å². The topological polar surface area (TPSA) is 66.6 Å². The summed E-state index contributed by atoms with van der Waals surface area (Å²) in [5, 5.41) is 0. The summed E-state index contributed by atoms with van der Waals surface area (Å²) >= 11 is 0. The Morgan fingerprint density at radius 1 is 1.15 bits per heavy atom. The quantitative estimate of drug-likeness (QED) is 0.898. The molecule has 0 aromatic heterocycles. The predicted octanol–water partition coefficient (Wildman–Crippen LogP) is 2.10. The van der Waals surface area contributed by atoms with Gasteiger partial charge in [0.05, 0.1) is 5.69 Å². The normalized spacial score (nSPS) is 16.8. The van der Waals surface area contributed by atoms with Crippen molar-refractivity contribution in [3.63, 3.8) is 0 Å². The zero-order valence-electron chi connectivity index (χ0n) is 12.2. The van der Waals surface area contributed by atoms with E-state index in [4.69, 9.17) is 5.73 Å². The van der Waals surface area contributed by atoms with Crippen molar-refractivity contribution in [3.05, 3.63) is 29.8 Å². The number of rotatable bonds is 2. The maximum absolute atomic E-state index is 12.5. The summed E-state index contributed by atoms with van der Waals surface area (Å²) in [6.45, 7) is 6.82. The predicted molar refractivity (Wildman–Crippen MR) is 78.3 cm³/mol. The molecule has 3 amide bonds. The van der Waals surface area contributed by atoms with Crippen LogP contribution in [0.15, 0.2) is 24.3 Å². The summed E-state index contributed by atoms with van der Waals surface area (Å²) in [6, 6.07) is 6.96. The molecule has 1 aromatic rings. The molecule has 0 radical (unpaired) electrons. The number of hydrogen-bond donors (Lipinski definition) is 1. The van der Waals surface area contributed by atoms with Crippen LogP contribution in [0.5, 0.6) is 0 Å². The molecule has 5 nitrogen and oxygen atoms in total. The molecular weight excluding hydrogens is 254 g/mol. The van der Waals surface area contributed by atoms with Crippen LogP contribution in [0, 0.1) is 0 Å². The zero-order valence-corrected chi connectivity index (χ0v) is 12.2. The Balaban J connectivity index is 2.32. The fourth-order valence-electron chi connectivity index (χ4n) is 2.30. The van der Waals surface area contributed by atoms with E-state index >= 15 is 0 Å². The highest BCUT2D eigenvalue weighted by atomic mass is 16.2. The number of carbonyl (C=O) groups excluding carboxylic acids is 2. The van der Waals surface area contributed by atoms with Crippen LogP contribution < -0.4 is 10.6 Å². The molecule has 1 saturated heterocycles. The molecule has 2 rings (SSSR count). The van der Waals surface area contributed by atoms with Crippen molar-refractivity contribution in [2.45, 2.75) is 39.3 Å². The molecule has 1 aliphatic rings. The number of nitrogens with zero attached hydrogens (tertiary/aromatic N) is 2. The number of nitrogens with two attached hydrogens (primary N) is 1. The second-order valence-corrected chi connectivity index (χ2v) is 5.95. The fourth-order valence-corrected chi connectivity index (χ4v) is 2.30. The van der Waals surface area contributed by atoms with E-state index in [2.05, 4.69) is 0 Å². The number of hydrogen-bond acceptors (Lipinski definition) is 3. The molecule has 1 fully saturated rings. The Morgan fingerprint density at radius 2 is 1.75 bits per heavy atom. The maximum atomic E-state index is 12.5. The Labute approximate surface area is 119 Å². The third kappa shape index (κ3) is 2.67. The van der Waals surface area contributed by atoms with Gasteiger partial charge in [-0.15, -0.1) is 0 Å². The molecule has 1 aromatic carbocycles. The molecule has 108 valence electrons. The smallest absolute Gasteiger partial charge is 0.326 e. The first-order chi connectivity index (χ1) is 9.34. The van der Waals surface area contributed by atoms with Crippen LogP contribution >= 0.6 is 0 Å². The summed E-state index contributed by atoms with van der Waals surface area (Å²) < 4.78 is 0. The first-order valence-corrected chi connectivity index (χ1v) is 6.78. The summed E-state index contributed by atoms with van der Waals surface area (Å²) in [7, 11) is 0. The van der Waals surface area contributed by atoms with Crippen molar-refractivity contribution in [1.29, 1.82) is 0 Å². The lowest BCUT2D eigenvalue weighted by atomic mass is 10.0. The number of anilines is 1. The second-order valence-electron chi connectivity index (χ2n) is 5.95. The Hall–Kier alpha value is -1.88. The zero-order chi connectivity index (χ0) is 14.9. The van der Waals surface area contributed by atoms with Gasteiger partial charge in [-0.1, -0.05) is 12.1 Å². The highest BCUT2D eigenvalue weighted by Gasteiger charge is 2.38. The molecule has 0 saturated carbocycles. The van der Waals surface area contributed by atoms with Crippen molar-refractivity contribution >= 4 is 17.6 Å². The van der Waals surface area contributed by atoms with Crippen LogP contribution in [-0.4, -0.2) is 28.9 Å². The van der Waals surface area contributed by atoms with Crippen molar-refractivity contribution in [2.24, 2.45) is 5.73 Å². The standard InChI is InChI=1S/C15H21N3O2/c1-15(2,3)17-9-8-13(19)18(14(17)20)12-6-4-11(10-16)5-7-12/h4-7H,8-10,16H2,1-3H3. The molecule has 0 aliphatic carbocycles. The van der Waals surface area contributed by atoms with Crippen molar-refractivity contribution < 1.29 is 9.59 Å². The highest BCUT2D eigenvalue weighted by molar-refractivity contribution is 6.15. The number of imide groups is 1. The van der Waals surface area contributed by atoms with Gasteiger partial charge in [0.2, 0.25) is 5.91 Å². The minimum atomic E-state index is -0.298. The second kappa shape index (κ2) is 5.25. The van der Waals surface area contributed by atoms with E-state index in [1.807, 2.05) is 32.9 Å². The molecular formula is C15H21N3O2. The van der Waals surface area contributed by atoms with Crippen LogP contribution in [0.3, 0.4) is 0 Å². The first kappa shape index (κ1) is 14.5. The summed E-state index contributed by atoms with van der Waals surface area (Å²) in [4.78, 5) is 27.6. The largest absolute Gasteiger partial charge is 0.331 e. The third-order valence-electron chi connectivity index (χ3n) is 3.46. The minimum absolute atomic E-state index is 0.156. The minimum Gasteiger partial charge on any atom is -0.326 e. The first-order valence-electron chi connectivity index (χ1n) is 6.78. The molecule has 1 heterocycles. The number of amides is 3. The van der Waals surface area contributed by atoms with E-state index in [1.54, 1.807) is 17.0 Å². The molecule has 2 N–H and O–H groups in total. The van der Waals surface area contributed by atoms with Crippen LogP contribution in [0.1, 0.15) is 32.8 Å². The lowest BCUT2D eigenvalue weighted by Crippen LogP contribution is -2.58. The lowest BCUT2D eigenvalue weighted by Gasteiger charge is -2.42. The monoisotopic (exact) mass is 275 g/mol. The van der Waals surface area contributed by atoms with E-state index in [0.29, 0.717) is 25.2 Å². The molecule has 1 aliphatic heterocycles. The summed E-state index contributed by atoms with van der Waals surface area (Å²) in [6.07, 6.45) is 0.349. The van der Waals surface area contributed by atoms with Gasteiger partial charge in [0.1, 0.15) is 0 Å². The van der Waals surface area contributed by atoms with Gasteiger partial charge in [-0.2, -0.15) is 0 Å². The van der Waals surface area contributed by atoms with Gasteiger partial charge >= 0.3 is 6.03 Å². The van der Waals surface area contributed by atoms with Gasteiger partial charge in [0, 0.05) is 25.0 Å². The van der Waals surface area contributed by atoms with Gasteiger partial charge in [-0.3, -0.25) is 4.79 Å². The van der Waals surface area contributed by atoms with E-state index in [0.717, 1.165) is 5.56 Å². The van der Waals surface area contributed by atoms with E-state index in [-0.39, 0.29) is 17.5 Å². The van der Waals surface area contributed by atoms with Crippen LogP contribution in [0.4, 0.5) is 10.5 Å². The third-order valence-corrected chi connectivity index (χ3v) is 3.46. The van der Waals surface area contributed by atoms with Crippen molar-refractivity contribution in [3.8, 4) is 0 Å². The maximum Gasteiger partial charge on any atom is 0.331 e. The van der Waals surface area contributed by atoms with Crippen LogP contribution in [-0.2, 0) is 11.3 Å². The molecule has 5 heteroatoms. The van der Waals surface area contributed by atoms with Crippen molar-refractivity contribution in [2.75, 3.05) is 11.4 Å². The Kier molecular flexibility index (Phi) is 3.81. The molecule has 20 heavy (non-hydrogen) atoms. The van der Waals surface area contributed by atoms with E-state index < -0.39 is 0 Å². The van der Waals surface area contributed by atoms with Gasteiger partial charge in [0.25, 0.3) is 0 Å². The van der Waals surface area contributed by atoms with Gasteiger partial charge in [0.15, 0.2) is 0 Å². The summed E-state index contributed by atoms with van der Waals surface area (Å²) in [5.74, 6) is -0.156. The summed E-state index contributed by atoms with van der Waals surface area (Å²) in [5.41, 5.74) is 6.83. The molecule has 0 atom stereocenters. The van der Waals surface area contributed by atoms with E-state index in [1.165, 1.54) is 4.90 Å². The molecule has 0 bridgehead atoms. The Bertz CT molecular complexity index is 517. The van der Waals surface area contributed by atoms with Crippen molar-refractivity contribution in [1.82, 2.24) is 4.90 Å². The average molecular weight is 275 g/mol. The van der Waals surface area contributed by atoms with Gasteiger partial charge < -0.3 is 10.6 Å². The Morgan fingerprint density at radius 3 is 2.25 bits per heavy atom. The fraction of sp³-hybridized carbons (Fsp3) is 0.467. The average Bonchev–Trinajstić information content (AvgIpc) is 2.38.